The third-order valence-corrected chi connectivity index (χ3v) is 6.34. The zero-order chi connectivity index (χ0) is 22.7. The average Bonchev–Trinajstić information content (AvgIpc) is 3.18. The van der Waals surface area contributed by atoms with E-state index in [0.29, 0.717) is 17.9 Å². The van der Waals surface area contributed by atoms with E-state index >= 15 is 0 Å². The first-order chi connectivity index (χ1) is 15.4. The zero-order valence-corrected chi connectivity index (χ0v) is 19.0. The van der Waals surface area contributed by atoms with Crippen molar-refractivity contribution in [2.75, 3.05) is 6.61 Å². The Morgan fingerprint density at radius 2 is 1.62 bits per heavy atom. The maximum absolute atomic E-state index is 13.2. The van der Waals surface area contributed by atoms with E-state index in [0.717, 1.165) is 27.8 Å². The molecule has 1 aliphatic carbocycles. The Bertz CT molecular complexity index is 1130. The predicted molar refractivity (Wildman–Crippen MR) is 127 cm³/mol. The number of nitrogens with one attached hydrogen (secondary N) is 1. The topological polar surface area (TPSA) is 55.4 Å². The number of esters is 1. The van der Waals surface area contributed by atoms with Crippen molar-refractivity contribution in [1.82, 2.24) is 5.32 Å². The lowest BCUT2D eigenvalue weighted by molar-refractivity contribution is -0.153. The van der Waals surface area contributed by atoms with Crippen molar-refractivity contribution >= 4 is 23.5 Å². The van der Waals surface area contributed by atoms with Gasteiger partial charge in [0, 0.05) is 17.9 Å². The summed E-state index contributed by atoms with van der Waals surface area (Å²) in [7, 11) is 0. The van der Waals surface area contributed by atoms with Crippen LogP contribution in [-0.2, 0) is 27.2 Å². The first-order valence-electron chi connectivity index (χ1n) is 10.8. The molecule has 1 amide bonds. The average molecular weight is 448 g/mol. The molecule has 5 heteroatoms. The number of benzene rings is 3. The number of hydrogen-bond acceptors (Lipinski definition) is 3. The fraction of sp³-hybridized carbons (Fsp3) is 0.259. The summed E-state index contributed by atoms with van der Waals surface area (Å²) in [4.78, 5) is 26.2. The minimum Gasteiger partial charge on any atom is -0.464 e. The molecule has 0 saturated heterocycles. The van der Waals surface area contributed by atoms with Crippen LogP contribution in [-0.4, -0.2) is 24.0 Å². The van der Waals surface area contributed by atoms with Gasteiger partial charge in [-0.25, -0.2) is 4.79 Å². The molecule has 0 aromatic heterocycles. The van der Waals surface area contributed by atoms with Crippen LogP contribution in [0.15, 0.2) is 72.8 Å². The summed E-state index contributed by atoms with van der Waals surface area (Å²) >= 11 is 6.02. The number of fused-ring (bicyclic) bond motifs is 1. The highest BCUT2D eigenvalue weighted by molar-refractivity contribution is 6.30. The molecule has 0 heterocycles. The van der Waals surface area contributed by atoms with Gasteiger partial charge in [-0.3, -0.25) is 4.79 Å². The molecule has 1 N–H and O–H groups in total. The molecule has 1 aliphatic rings. The summed E-state index contributed by atoms with van der Waals surface area (Å²) in [5.74, 6) is -0.955. The van der Waals surface area contributed by atoms with Gasteiger partial charge in [0.2, 0.25) is 5.91 Å². The Kier molecular flexibility index (Phi) is 6.33. The summed E-state index contributed by atoms with van der Waals surface area (Å²) in [6, 6.07) is 23.4. The van der Waals surface area contributed by atoms with Gasteiger partial charge in [-0.1, -0.05) is 72.3 Å². The largest absolute Gasteiger partial charge is 0.464 e. The number of hydrogen-bond donors (Lipinski definition) is 1. The van der Waals surface area contributed by atoms with E-state index in [4.69, 9.17) is 16.3 Å². The number of rotatable bonds is 6. The minimum absolute atomic E-state index is 0.185. The van der Waals surface area contributed by atoms with Gasteiger partial charge in [-0.15, -0.1) is 0 Å². The van der Waals surface area contributed by atoms with Crippen LogP contribution in [0.5, 0.6) is 0 Å². The molecule has 164 valence electrons. The van der Waals surface area contributed by atoms with Crippen LogP contribution in [0.2, 0.25) is 5.02 Å². The Morgan fingerprint density at radius 3 is 2.31 bits per heavy atom. The molecule has 0 radical (unpaired) electrons. The second-order valence-corrected chi connectivity index (χ2v) is 8.70. The van der Waals surface area contributed by atoms with E-state index < -0.39 is 11.5 Å². The van der Waals surface area contributed by atoms with Gasteiger partial charge in [0.05, 0.1) is 12.5 Å². The molecule has 4 nitrogen and oxygen atoms in total. The Hall–Kier alpha value is -3.11. The van der Waals surface area contributed by atoms with Crippen molar-refractivity contribution in [3.05, 3.63) is 94.5 Å². The third-order valence-electron chi connectivity index (χ3n) is 6.09. The number of carbonyl (C=O) groups is 2. The lowest BCUT2D eigenvalue weighted by Crippen LogP contribution is -2.57. The number of halogens is 1. The summed E-state index contributed by atoms with van der Waals surface area (Å²) < 4.78 is 5.41. The van der Waals surface area contributed by atoms with Crippen molar-refractivity contribution in [2.45, 2.75) is 38.1 Å². The second kappa shape index (κ2) is 9.17. The molecule has 3 aromatic carbocycles. The summed E-state index contributed by atoms with van der Waals surface area (Å²) in [6.45, 7) is 3.89. The van der Waals surface area contributed by atoms with Crippen molar-refractivity contribution in [3.63, 3.8) is 0 Å². The van der Waals surface area contributed by atoms with Crippen molar-refractivity contribution in [1.29, 1.82) is 0 Å². The van der Waals surface area contributed by atoms with Gasteiger partial charge in [-0.05, 0) is 53.8 Å². The molecular weight excluding hydrogens is 422 g/mol. The molecule has 4 rings (SSSR count). The molecule has 2 unspecified atom stereocenters. The van der Waals surface area contributed by atoms with Crippen LogP contribution in [0.25, 0.3) is 11.1 Å². The molecule has 0 fully saturated rings. The van der Waals surface area contributed by atoms with Gasteiger partial charge >= 0.3 is 5.97 Å². The SMILES string of the molecule is CCOC(=O)C1(NC(=O)C(C)c2ccccc2)Cc2ccc(-c3ccc(Cl)cc3)cc2C1. The fourth-order valence-electron chi connectivity index (χ4n) is 4.29. The monoisotopic (exact) mass is 447 g/mol. The standard InChI is InChI=1S/C27H26ClNO3/c1-3-32-26(31)27(29-25(30)18(2)19-7-5-4-6-8-19)16-22-10-9-21(15-23(22)17-27)20-11-13-24(28)14-12-20/h4-15,18H,3,16-17H2,1-2H3,(H,29,30). The minimum atomic E-state index is -1.10. The molecule has 32 heavy (non-hydrogen) atoms. The lowest BCUT2D eigenvalue weighted by Gasteiger charge is -2.29. The molecule has 2 atom stereocenters. The highest BCUT2D eigenvalue weighted by Gasteiger charge is 2.47. The first kappa shape index (κ1) is 22.1. The highest BCUT2D eigenvalue weighted by Crippen LogP contribution is 2.35. The van der Waals surface area contributed by atoms with E-state index in [1.54, 1.807) is 6.92 Å². The molecule has 0 aliphatic heterocycles. The van der Waals surface area contributed by atoms with Crippen molar-refractivity contribution in [2.24, 2.45) is 0 Å². The number of amides is 1. The normalized spacial score (nSPS) is 18.0. The van der Waals surface area contributed by atoms with Gasteiger partial charge in [0.1, 0.15) is 5.54 Å². The van der Waals surface area contributed by atoms with E-state index in [9.17, 15) is 9.59 Å². The summed E-state index contributed by atoms with van der Waals surface area (Å²) in [5.41, 5.74) is 3.99. The van der Waals surface area contributed by atoms with E-state index in [2.05, 4.69) is 11.4 Å². The molecule has 0 bridgehead atoms. The van der Waals surface area contributed by atoms with Crippen LogP contribution in [0, 0.1) is 0 Å². The fourth-order valence-corrected chi connectivity index (χ4v) is 4.41. The molecule has 0 saturated carbocycles. The van der Waals surface area contributed by atoms with E-state index in [1.807, 2.05) is 73.7 Å². The van der Waals surface area contributed by atoms with Crippen LogP contribution >= 0.6 is 11.6 Å². The Balaban J connectivity index is 1.62. The second-order valence-electron chi connectivity index (χ2n) is 8.27. The van der Waals surface area contributed by atoms with Crippen LogP contribution < -0.4 is 5.32 Å². The van der Waals surface area contributed by atoms with E-state index in [1.165, 1.54) is 0 Å². The number of ether oxygens (including phenoxy) is 1. The maximum Gasteiger partial charge on any atom is 0.332 e. The molecule has 3 aromatic rings. The maximum atomic E-state index is 13.2. The number of carbonyl (C=O) groups excluding carboxylic acids is 2. The van der Waals surface area contributed by atoms with Crippen LogP contribution in [0.4, 0.5) is 0 Å². The quantitative estimate of drug-likeness (QED) is 0.520. The van der Waals surface area contributed by atoms with Gasteiger partial charge in [-0.2, -0.15) is 0 Å². The summed E-state index contributed by atoms with van der Waals surface area (Å²) in [6.07, 6.45) is 0.811. The van der Waals surface area contributed by atoms with Crippen LogP contribution in [0.1, 0.15) is 36.5 Å². The van der Waals surface area contributed by atoms with Crippen molar-refractivity contribution in [3.8, 4) is 11.1 Å². The third kappa shape index (κ3) is 4.42. The molecule has 0 spiro atoms. The smallest absolute Gasteiger partial charge is 0.332 e. The van der Waals surface area contributed by atoms with Gasteiger partial charge in [0.25, 0.3) is 0 Å². The van der Waals surface area contributed by atoms with Crippen molar-refractivity contribution < 1.29 is 14.3 Å². The van der Waals surface area contributed by atoms with E-state index in [-0.39, 0.29) is 18.4 Å². The predicted octanol–water partition coefficient (Wildman–Crippen LogP) is 5.33. The Labute approximate surface area is 193 Å². The zero-order valence-electron chi connectivity index (χ0n) is 18.2. The lowest BCUT2D eigenvalue weighted by atomic mass is 9.92. The van der Waals surface area contributed by atoms with Gasteiger partial charge < -0.3 is 10.1 Å². The first-order valence-corrected chi connectivity index (χ1v) is 11.2. The highest BCUT2D eigenvalue weighted by atomic mass is 35.5. The molecular formula is C27H26ClNO3. The Morgan fingerprint density at radius 1 is 0.969 bits per heavy atom. The summed E-state index contributed by atoms with van der Waals surface area (Å²) in [5, 5.41) is 3.74. The van der Waals surface area contributed by atoms with Crippen LogP contribution in [0.3, 0.4) is 0 Å². The van der Waals surface area contributed by atoms with Gasteiger partial charge in [0.15, 0.2) is 0 Å².